The first-order valence-corrected chi connectivity index (χ1v) is 17.4. The van der Waals surface area contributed by atoms with E-state index in [0.717, 1.165) is 61.1 Å². The standard InChI is InChI=1S/C46H34N4O/c1-27-9-7-10-28(2)43(27)31-15-18-37-35-20-17-33(25-39(35)46-48-26-42(50(46)41(37)23-31)44-29(3)11-8-12-30(44)4)51-32-16-19-34-36-13-5-6-14-40(36)49-22-21-47-45(49)38(34)24-32/h5-26H,1-4H3. The number of ether oxygens (including phenoxy) is 1. The highest BCUT2D eigenvalue weighted by Crippen LogP contribution is 2.40. The van der Waals surface area contributed by atoms with E-state index in [1.165, 1.54) is 49.7 Å². The maximum absolute atomic E-state index is 6.65. The molecule has 4 heterocycles. The van der Waals surface area contributed by atoms with Crippen LogP contribution < -0.4 is 4.74 Å². The Bertz CT molecular complexity index is 3020. The molecule has 0 radical (unpaired) electrons. The van der Waals surface area contributed by atoms with Gasteiger partial charge in [-0.2, -0.15) is 0 Å². The molecule has 0 bridgehead atoms. The molecule has 0 saturated heterocycles. The quantitative estimate of drug-likeness (QED) is 0.177. The first-order valence-electron chi connectivity index (χ1n) is 17.4. The summed E-state index contributed by atoms with van der Waals surface area (Å²) in [5, 5.41) is 6.74. The van der Waals surface area contributed by atoms with E-state index < -0.39 is 0 Å². The molecule has 5 heteroatoms. The summed E-state index contributed by atoms with van der Waals surface area (Å²) < 4.78 is 11.2. The molecular formula is C46H34N4O. The summed E-state index contributed by atoms with van der Waals surface area (Å²) >= 11 is 0. The van der Waals surface area contributed by atoms with Gasteiger partial charge < -0.3 is 4.74 Å². The van der Waals surface area contributed by atoms with Crippen molar-refractivity contribution in [3.05, 3.63) is 156 Å². The fourth-order valence-corrected chi connectivity index (χ4v) is 8.31. The highest BCUT2D eigenvalue weighted by atomic mass is 16.5. The van der Waals surface area contributed by atoms with Crippen LogP contribution in [0.5, 0.6) is 11.5 Å². The molecule has 10 rings (SSSR count). The van der Waals surface area contributed by atoms with Crippen molar-refractivity contribution in [3.63, 3.8) is 0 Å². The van der Waals surface area contributed by atoms with Crippen molar-refractivity contribution < 1.29 is 4.74 Å². The van der Waals surface area contributed by atoms with Gasteiger partial charge in [0.2, 0.25) is 0 Å². The molecule has 0 fully saturated rings. The van der Waals surface area contributed by atoms with Gasteiger partial charge in [-0.25, -0.2) is 9.97 Å². The molecule has 0 aliphatic rings. The van der Waals surface area contributed by atoms with E-state index in [0.29, 0.717) is 0 Å². The van der Waals surface area contributed by atoms with Gasteiger partial charge in [0, 0.05) is 39.5 Å². The van der Waals surface area contributed by atoms with Crippen molar-refractivity contribution in [3.8, 4) is 33.9 Å². The topological polar surface area (TPSA) is 43.8 Å². The largest absolute Gasteiger partial charge is 0.457 e. The van der Waals surface area contributed by atoms with Gasteiger partial charge in [-0.15, -0.1) is 0 Å². The Morgan fingerprint density at radius 1 is 0.490 bits per heavy atom. The summed E-state index contributed by atoms with van der Waals surface area (Å²) in [7, 11) is 0. The summed E-state index contributed by atoms with van der Waals surface area (Å²) in [6.07, 6.45) is 5.91. The van der Waals surface area contributed by atoms with Crippen LogP contribution >= 0.6 is 0 Å². The van der Waals surface area contributed by atoms with Crippen LogP contribution in [0.1, 0.15) is 22.3 Å². The Kier molecular flexibility index (Phi) is 6.37. The number of rotatable bonds is 4. The first-order chi connectivity index (χ1) is 24.9. The smallest absolute Gasteiger partial charge is 0.145 e. The molecule has 10 aromatic rings. The van der Waals surface area contributed by atoms with Gasteiger partial charge in [-0.3, -0.25) is 8.80 Å². The molecule has 0 aliphatic carbocycles. The fraction of sp³-hybridized carbons (Fsp3) is 0.0870. The van der Waals surface area contributed by atoms with Gasteiger partial charge >= 0.3 is 0 Å². The molecule has 0 unspecified atom stereocenters. The third-order valence-corrected chi connectivity index (χ3v) is 10.6. The van der Waals surface area contributed by atoms with Crippen LogP contribution in [-0.2, 0) is 0 Å². The second-order valence-corrected chi connectivity index (χ2v) is 13.7. The molecule has 0 aliphatic heterocycles. The first kappa shape index (κ1) is 29.5. The minimum atomic E-state index is 0.757. The molecule has 5 nitrogen and oxygen atoms in total. The zero-order valence-corrected chi connectivity index (χ0v) is 28.9. The minimum absolute atomic E-state index is 0.757. The Hall–Kier alpha value is -6.46. The second kappa shape index (κ2) is 11.0. The molecule has 0 saturated carbocycles. The second-order valence-electron chi connectivity index (χ2n) is 13.7. The van der Waals surface area contributed by atoms with Crippen molar-refractivity contribution in [1.29, 1.82) is 0 Å². The van der Waals surface area contributed by atoms with Crippen molar-refractivity contribution >= 4 is 54.6 Å². The average molecular weight is 659 g/mol. The molecule has 0 N–H and O–H groups in total. The summed E-state index contributed by atoms with van der Waals surface area (Å²) in [4.78, 5) is 9.86. The van der Waals surface area contributed by atoms with Crippen LogP contribution in [0.4, 0.5) is 0 Å². The molecule has 6 aromatic carbocycles. The van der Waals surface area contributed by atoms with E-state index in [1.54, 1.807) is 0 Å². The van der Waals surface area contributed by atoms with Gasteiger partial charge in [0.1, 0.15) is 22.8 Å². The van der Waals surface area contributed by atoms with Crippen molar-refractivity contribution in [2.45, 2.75) is 27.7 Å². The third kappa shape index (κ3) is 4.41. The van der Waals surface area contributed by atoms with Gasteiger partial charge in [0.05, 0.1) is 22.9 Å². The van der Waals surface area contributed by atoms with Gasteiger partial charge in [-0.1, -0.05) is 66.7 Å². The Morgan fingerprint density at radius 3 is 1.80 bits per heavy atom. The molecule has 4 aromatic heterocycles. The van der Waals surface area contributed by atoms with E-state index in [1.807, 2.05) is 18.6 Å². The number of para-hydroxylation sites is 1. The van der Waals surface area contributed by atoms with Crippen LogP contribution in [0.3, 0.4) is 0 Å². The number of pyridine rings is 2. The fourth-order valence-electron chi connectivity index (χ4n) is 8.31. The van der Waals surface area contributed by atoms with E-state index in [2.05, 4.69) is 152 Å². The van der Waals surface area contributed by atoms with Crippen molar-refractivity contribution in [1.82, 2.24) is 18.8 Å². The summed E-state index contributed by atoms with van der Waals surface area (Å²) in [6, 6.07) is 41.0. The predicted octanol–water partition coefficient (Wildman–Crippen LogP) is 12.0. The van der Waals surface area contributed by atoms with E-state index in [4.69, 9.17) is 14.7 Å². The predicted molar refractivity (Wildman–Crippen MR) is 210 cm³/mol. The van der Waals surface area contributed by atoms with Crippen LogP contribution in [0.25, 0.3) is 77.0 Å². The normalized spacial score (nSPS) is 11.9. The number of hydrogen-bond donors (Lipinski definition) is 0. The number of aryl methyl sites for hydroxylation is 4. The number of benzene rings is 6. The number of hydrogen-bond acceptors (Lipinski definition) is 3. The van der Waals surface area contributed by atoms with Crippen LogP contribution in [0.2, 0.25) is 0 Å². The maximum atomic E-state index is 6.65. The molecule has 51 heavy (non-hydrogen) atoms. The zero-order valence-electron chi connectivity index (χ0n) is 28.9. The SMILES string of the molecule is Cc1cccc(C)c1-c1ccc2c3ccc(Oc4ccc5c6ccccc6n6ccnc6c5c4)cc3c3ncc(-c4c(C)cccc4C)n3c2c1. The van der Waals surface area contributed by atoms with E-state index in [9.17, 15) is 0 Å². The highest BCUT2D eigenvalue weighted by molar-refractivity contribution is 6.14. The lowest BCUT2D eigenvalue weighted by Crippen LogP contribution is -1.98. The maximum Gasteiger partial charge on any atom is 0.145 e. The summed E-state index contributed by atoms with van der Waals surface area (Å²) in [5.74, 6) is 1.52. The number of nitrogens with zero attached hydrogens (tertiary/aromatic N) is 4. The summed E-state index contributed by atoms with van der Waals surface area (Å²) in [6.45, 7) is 8.75. The highest BCUT2D eigenvalue weighted by Gasteiger charge is 2.19. The minimum Gasteiger partial charge on any atom is -0.457 e. The lowest BCUT2D eigenvalue weighted by molar-refractivity contribution is 0.484. The lowest BCUT2D eigenvalue weighted by atomic mass is 9.94. The van der Waals surface area contributed by atoms with Crippen LogP contribution in [0.15, 0.2) is 134 Å². The Balaban J connectivity index is 1.19. The number of imidazole rings is 2. The van der Waals surface area contributed by atoms with Gasteiger partial charge in [0.25, 0.3) is 0 Å². The average Bonchev–Trinajstić information content (AvgIpc) is 3.81. The number of fused-ring (bicyclic) bond motifs is 12. The van der Waals surface area contributed by atoms with Gasteiger partial charge in [-0.05, 0) is 120 Å². The van der Waals surface area contributed by atoms with Crippen LogP contribution in [-0.4, -0.2) is 18.8 Å². The summed E-state index contributed by atoms with van der Waals surface area (Å²) in [5.41, 5.74) is 13.9. The van der Waals surface area contributed by atoms with E-state index in [-0.39, 0.29) is 0 Å². The van der Waals surface area contributed by atoms with Crippen LogP contribution in [0, 0.1) is 27.7 Å². The third-order valence-electron chi connectivity index (χ3n) is 10.6. The Labute approximate surface area is 295 Å². The molecular weight excluding hydrogens is 625 g/mol. The monoisotopic (exact) mass is 658 g/mol. The Morgan fingerprint density at radius 2 is 1.10 bits per heavy atom. The van der Waals surface area contributed by atoms with Crippen molar-refractivity contribution in [2.24, 2.45) is 0 Å². The van der Waals surface area contributed by atoms with Gasteiger partial charge in [0.15, 0.2) is 0 Å². The molecule has 0 spiro atoms. The lowest BCUT2D eigenvalue weighted by Gasteiger charge is -2.17. The van der Waals surface area contributed by atoms with Crippen molar-refractivity contribution in [2.75, 3.05) is 0 Å². The number of aromatic nitrogens is 4. The zero-order chi connectivity index (χ0) is 34.4. The molecule has 244 valence electrons. The molecule has 0 atom stereocenters. The molecule has 0 amide bonds. The van der Waals surface area contributed by atoms with E-state index >= 15 is 0 Å².